The van der Waals surface area contributed by atoms with Gasteiger partial charge >= 0.3 is 0 Å². The van der Waals surface area contributed by atoms with E-state index in [1.54, 1.807) is 0 Å². The first kappa shape index (κ1) is 18.5. The fourth-order valence-electron chi connectivity index (χ4n) is 2.89. The summed E-state index contributed by atoms with van der Waals surface area (Å²) in [5, 5.41) is 5.69. The molecule has 0 aliphatic carbocycles. The fraction of sp³-hybridized carbons (Fsp3) is 0.316. The minimum absolute atomic E-state index is 0.0803. The first-order chi connectivity index (χ1) is 13.1. The number of carbonyl (C=O) groups is 2. The Morgan fingerprint density at radius 3 is 2.78 bits per heavy atom. The number of hydrogen-bond donors (Lipinski definition) is 2. The quantitative estimate of drug-likeness (QED) is 0.620. The third-order valence-corrected chi connectivity index (χ3v) is 4.25. The summed E-state index contributed by atoms with van der Waals surface area (Å²) < 4.78 is 1.99. The third-order valence-electron chi connectivity index (χ3n) is 4.25. The average Bonchev–Trinajstić information content (AvgIpc) is 3.03. The second-order valence-corrected chi connectivity index (χ2v) is 6.26. The highest BCUT2D eigenvalue weighted by molar-refractivity contribution is 5.91. The van der Waals surface area contributed by atoms with Crippen LogP contribution in [-0.2, 0) is 11.8 Å². The first-order valence-corrected chi connectivity index (χ1v) is 8.81. The molecule has 0 unspecified atom stereocenters. The van der Waals surface area contributed by atoms with Gasteiger partial charge in [0.15, 0.2) is 0 Å². The molecule has 1 atom stereocenters. The van der Waals surface area contributed by atoms with Gasteiger partial charge in [0, 0.05) is 32.4 Å². The molecule has 2 N–H and O–H groups in total. The molecule has 0 spiro atoms. The number of nitrogens with one attached hydrogen (secondary N) is 2. The number of amides is 2. The Kier molecular flexibility index (Phi) is 5.75. The van der Waals surface area contributed by atoms with E-state index in [1.807, 2.05) is 42.8 Å². The predicted molar refractivity (Wildman–Crippen MR) is 101 cm³/mol. The number of benzene rings is 1. The normalized spacial score (nSPS) is 11.9. The minimum Gasteiger partial charge on any atom is -0.351 e. The number of aromatic nitrogens is 4. The van der Waals surface area contributed by atoms with Gasteiger partial charge in [-0.15, -0.1) is 0 Å². The van der Waals surface area contributed by atoms with E-state index in [9.17, 15) is 9.59 Å². The number of fused-ring (bicyclic) bond motifs is 1. The van der Waals surface area contributed by atoms with Crippen molar-refractivity contribution in [3.8, 4) is 0 Å². The standard InChI is InChI=1S/C19H22N6O2/c1-13(18-24-14-6-3-4-7-16(14)25(18)2)23-17(26)8-5-9-22-19(27)15-12-20-10-11-21-15/h3-4,6-7,10-13H,5,8-9H2,1-2H3,(H,22,27)(H,23,26)/t13-/m0/s1. The first-order valence-electron chi connectivity index (χ1n) is 8.81. The molecular weight excluding hydrogens is 344 g/mol. The van der Waals surface area contributed by atoms with Crippen molar-refractivity contribution in [2.24, 2.45) is 7.05 Å². The van der Waals surface area contributed by atoms with E-state index in [-0.39, 0.29) is 23.6 Å². The average molecular weight is 366 g/mol. The van der Waals surface area contributed by atoms with Gasteiger partial charge in [-0.1, -0.05) is 12.1 Å². The molecule has 27 heavy (non-hydrogen) atoms. The van der Waals surface area contributed by atoms with Gasteiger partial charge in [-0.2, -0.15) is 0 Å². The lowest BCUT2D eigenvalue weighted by molar-refractivity contribution is -0.121. The van der Waals surface area contributed by atoms with Gasteiger partial charge in [-0.05, 0) is 25.5 Å². The molecule has 1 aromatic carbocycles. The van der Waals surface area contributed by atoms with Crippen LogP contribution >= 0.6 is 0 Å². The maximum absolute atomic E-state index is 12.2. The lowest BCUT2D eigenvalue weighted by atomic mass is 10.2. The summed E-state index contributed by atoms with van der Waals surface area (Å²) in [6, 6.07) is 7.65. The van der Waals surface area contributed by atoms with Crippen molar-refractivity contribution in [2.45, 2.75) is 25.8 Å². The Bertz CT molecular complexity index is 938. The van der Waals surface area contributed by atoms with Gasteiger partial charge in [0.1, 0.15) is 11.5 Å². The summed E-state index contributed by atoms with van der Waals surface area (Å²) in [4.78, 5) is 36.4. The molecule has 140 valence electrons. The van der Waals surface area contributed by atoms with Crippen molar-refractivity contribution in [3.05, 3.63) is 54.4 Å². The fourth-order valence-corrected chi connectivity index (χ4v) is 2.89. The Morgan fingerprint density at radius 2 is 2.04 bits per heavy atom. The van der Waals surface area contributed by atoms with E-state index in [2.05, 4.69) is 25.6 Å². The number of rotatable bonds is 7. The summed E-state index contributed by atoms with van der Waals surface area (Å²) in [6.07, 6.45) is 5.22. The molecule has 2 amide bonds. The van der Waals surface area contributed by atoms with Crippen molar-refractivity contribution in [3.63, 3.8) is 0 Å². The number of para-hydroxylation sites is 2. The number of aryl methyl sites for hydroxylation is 1. The highest BCUT2D eigenvalue weighted by Crippen LogP contribution is 2.19. The second-order valence-electron chi connectivity index (χ2n) is 6.26. The van der Waals surface area contributed by atoms with Crippen LogP contribution in [0.15, 0.2) is 42.9 Å². The molecule has 8 heteroatoms. The maximum Gasteiger partial charge on any atom is 0.271 e. The summed E-state index contributed by atoms with van der Waals surface area (Å²) in [5.41, 5.74) is 2.19. The van der Waals surface area contributed by atoms with Crippen molar-refractivity contribution in [2.75, 3.05) is 6.54 Å². The van der Waals surface area contributed by atoms with Crippen molar-refractivity contribution in [1.29, 1.82) is 0 Å². The van der Waals surface area contributed by atoms with Crippen LogP contribution in [0.4, 0.5) is 0 Å². The van der Waals surface area contributed by atoms with Crippen LogP contribution in [-0.4, -0.2) is 37.9 Å². The van der Waals surface area contributed by atoms with Gasteiger partial charge in [0.2, 0.25) is 5.91 Å². The zero-order valence-electron chi connectivity index (χ0n) is 15.3. The van der Waals surface area contributed by atoms with Crippen molar-refractivity contribution in [1.82, 2.24) is 30.2 Å². The molecule has 2 aromatic heterocycles. The van der Waals surface area contributed by atoms with E-state index in [0.29, 0.717) is 19.4 Å². The van der Waals surface area contributed by atoms with Gasteiger partial charge in [0.05, 0.1) is 23.3 Å². The molecule has 0 radical (unpaired) electrons. The maximum atomic E-state index is 12.2. The SMILES string of the molecule is C[C@H](NC(=O)CCCNC(=O)c1cnccn1)c1nc2ccccc2n1C. The summed E-state index contributed by atoms with van der Waals surface area (Å²) in [7, 11) is 1.94. The number of hydrogen-bond acceptors (Lipinski definition) is 5. The lowest BCUT2D eigenvalue weighted by Crippen LogP contribution is -2.30. The largest absolute Gasteiger partial charge is 0.351 e. The lowest BCUT2D eigenvalue weighted by Gasteiger charge is -2.14. The molecule has 3 aromatic rings. The topological polar surface area (TPSA) is 102 Å². The van der Waals surface area contributed by atoms with Crippen molar-refractivity contribution >= 4 is 22.8 Å². The third kappa shape index (κ3) is 4.46. The van der Waals surface area contributed by atoms with Gasteiger partial charge < -0.3 is 15.2 Å². The molecule has 8 nitrogen and oxygen atoms in total. The Balaban J connectivity index is 1.46. The number of nitrogens with zero attached hydrogens (tertiary/aromatic N) is 4. The molecule has 0 saturated carbocycles. The van der Waals surface area contributed by atoms with E-state index in [4.69, 9.17) is 0 Å². The van der Waals surface area contributed by atoms with Crippen LogP contribution in [0.3, 0.4) is 0 Å². The minimum atomic E-state index is -0.295. The smallest absolute Gasteiger partial charge is 0.271 e. The Hall–Kier alpha value is -3.29. The van der Waals surface area contributed by atoms with Crippen LogP contribution in [0.1, 0.15) is 42.1 Å². The number of carbonyl (C=O) groups excluding carboxylic acids is 2. The van der Waals surface area contributed by atoms with Crippen LogP contribution in [0.5, 0.6) is 0 Å². The monoisotopic (exact) mass is 366 g/mol. The van der Waals surface area contributed by atoms with Crippen LogP contribution in [0.25, 0.3) is 11.0 Å². The van der Waals surface area contributed by atoms with Crippen molar-refractivity contribution < 1.29 is 9.59 Å². The molecule has 0 bridgehead atoms. The zero-order valence-corrected chi connectivity index (χ0v) is 15.3. The molecule has 0 saturated heterocycles. The van der Waals surface area contributed by atoms with Gasteiger partial charge in [-0.25, -0.2) is 9.97 Å². The molecule has 2 heterocycles. The predicted octanol–water partition coefficient (Wildman–Crippen LogP) is 1.75. The van der Waals surface area contributed by atoms with Crippen LogP contribution in [0, 0.1) is 0 Å². The Labute approximate surface area is 157 Å². The molecule has 0 aliphatic heterocycles. The highest BCUT2D eigenvalue weighted by atomic mass is 16.2. The second kappa shape index (κ2) is 8.39. The van der Waals surface area contributed by atoms with E-state index in [1.165, 1.54) is 18.6 Å². The molecular formula is C19H22N6O2. The molecule has 3 rings (SSSR count). The molecule has 0 aliphatic rings. The summed E-state index contributed by atoms with van der Waals surface area (Å²) in [6.45, 7) is 2.30. The molecule has 0 fully saturated rings. The number of imidazole rings is 1. The van der Waals surface area contributed by atoms with Gasteiger partial charge in [0.25, 0.3) is 5.91 Å². The van der Waals surface area contributed by atoms with Crippen LogP contribution < -0.4 is 10.6 Å². The zero-order chi connectivity index (χ0) is 19.2. The van der Waals surface area contributed by atoms with Crippen LogP contribution in [0.2, 0.25) is 0 Å². The summed E-state index contributed by atoms with van der Waals surface area (Å²) >= 11 is 0. The summed E-state index contributed by atoms with van der Waals surface area (Å²) in [5.74, 6) is 0.431. The van der Waals surface area contributed by atoms with E-state index in [0.717, 1.165) is 16.9 Å². The van der Waals surface area contributed by atoms with Gasteiger partial charge in [-0.3, -0.25) is 14.6 Å². The highest BCUT2D eigenvalue weighted by Gasteiger charge is 2.16. The van der Waals surface area contributed by atoms with E-state index >= 15 is 0 Å². The van der Waals surface area contributed by atoms with E-state index < -0.39 is 0 Å². The Morgan fingerprint density at radius 1 is 1.22 bits per heavy atom.